The molecule has 0 spiro atoms. The lowest BCUT2D eigenvalue weighted by Gasteiger charge is -2.07. The van der Waals surface area contributed by atoms with E-state index in [2.05, 4.69) is 20.0 Å². The summed E-state index contributed by atoms with van der Waals surface area (Å²) in [7, 11) is 2.50. The molecule has 1 rings (SSSR count). The van der Waals surface area contributed by atoms with Crippen molar-refractivity contribution in [3.63, 3.8) is 0 Å². The molecular weight excluding hydrogens is 135 g/mol. The normalized spacial score (nSPS) is 35.3. The maximum Gasteiger partial charge on any atom is 0.0335 e. The molecule has 1 aliphatic rings. The molecule has 0 radical (unpaired) electrons. The number of hydrogen-bond acceptors (Lipinski definition) is 3. The van der Waals surface area contributed by atoms with Gasteiger partial charge in [0, 0.05) is 12.1 Å². The molecule has 54 valence electrons. The van der Waals surface area contributed by atoms with Crippen molar-refractivity contribution in [2.24, 2.45) is 0 Å². The summed E-state index contributed by atoms with van der Waals surface area (Å²) in [5, 5.41) is 11.6. The molecule has 1 aliphatic carbocycles. The zero-order valence-corrected chi connectivity index (χ0v) is 6.46. The van der Waals surface area contributed by atoms with Gasteiger partial charge in [0.05, 0.1) is 0 Å². The van der Waals surface area contributed by atoms with Crippen LogP contribution in [0.3, 0.4) is 0 Å². The predicted molar refractivity (Wildman–Crippen MR) is 39.2 cm³/mol. The highest BCUT2D eigenvalue weighted by molar-refractivity contribution is 7.13. The van der Waals surface area contributed by atoms with Crippen LogP contribution in [0.5, 0.6) is 0 Å². The van der Waals surface area contributed by atoms with Crippen molar-refractivity contribution < 1.29 is 5.21 Å². The highest BCUT2D eigenvalue weighted by atomic mass is 31.0. The van der Waals surface area contributed by atoms with E-state index in [4.69, 9.17) is 5.21 Å². The van der Waals surface area contributed by atoms with Crippen molar-refractivity contribution in [1.82, 2.24) is 10.6 Å². The predicted octanol–water partition coefficient (Wildman–Crippen LogP) is 0.266. The first-order chi connectivity index (χ1) is 4.36. The maximum absolute atomic E-state index is 8.49. The van der Waals surface area contributed by atoms with Gasteiger partial charge in [-0.25, -0.2) is 5.48 Å². The summed E-state index contributed by atoms with van der Waals surface area (Å²) in [6.45, 7) is 0. The highest BCUT2D eigenvalue weighted by Gasteiger charge is 2.22. The van der Waals surface area contributed by atoms with Crippen molar-refractivity contribution >= 4 is 9.39 Å². The summed E-state index contributed by atoms with van der Waals surface area (Å²) in [4.78, 5) is 0. The molecule has 0 bridgehead atoms. The van der Waals surface area contributed by atoms with Crippen LogP contribution in [0.1, 0.15) is 19.3 Å². The average Bonchev–Trinajstić information content (AvgIpc) is 2.34. The van der Waals surface area contributed by atoms with Crippen molar-refractivity contribution in [3.05, 3.63) is 0 Å². The van der Waals surface area contributed by atoms with Crippen LogP contribution in [-0.4, -0.2) is 17.3 Å². The number of rotatable bonds is 2. The first-order valence-electron chi connectivity index (χ1n) is 3.22. The van der Waals surface area contributed by atoms with E-state index in [9.17, 15) is 0 Å². The molecule has 0 amide bonds. The monoisotopic (exact) mass is 148 g/mol. The average molecular weight is 148 g/mol. The van der Waals surface area contributed by atoms with Crippen LogP contribution in [0.4, 0.5) is 0 Å². The largest absolute Gasteiger partial charge is 0.317 e. The molecule has 3 nitrogen and oxygen atoms in total. The number of hydroxylamine groups is 1. The van der Waals surface area contributed by atoms with Gasteiger partial charge < -0.3 is 5.21 Å². The van der Waals surface area contributed by atoms with Gasteiger partial charge >= 0.3 is 0 Å². The molecule has 0 aromatic carbocycles. The van der Waals surface area contributed by atoms with Crippen LogP contribution in [-0.2, 0) is 0 Å². The second kappa shape index (κ2) is 3.47. The van der Waals surface area contributed by atoms with Crippen LogP contribution in [0.25, 0.3) is 0 Å². The quantitative estimate of drug-likeness (QED) is 0.389. The lowest BCUT2D eigenvalue weighted by Crippen LogP contribution is -2.25. The van der Waals surface area contributed by atoms with E-state index in [-0.39, 0.29) is 0 Å². The lowest BCUT2D eigenvalue weighted by atomic mass is 10.2. The molecule has 3 atom stereocenters. The zero-order valence-electron chi connectivity index (χ0n) is 5.30. The van der Waals surface area contributed by atoms with Gasteiger partial charge in [-0.15, -0.1) is 0 Å². The number of hydrogen-bond donors (Lipinski definition) is 3. The Morgan fingerprint density at radius 2 is 2.00 bits per heavy atom. The van der Waals surface area contributed by atoms with Gasteiger partial charge in [0.1, 0.15) is 0 Å². The summed E-state index contributed by atoms with van der Waals surface area (Å²) in [6, 6.07) is 0.877. The molecule has 0 aromatic heterocycles. The van der Waals surface area contributed by atoms with E-state index in [1.54, 1.807) is 0 Å². The summed E-state index contributed by atoms with van der Waals surface area (Å²) in [5.74, 6) is 0. The second-order valence-electron chi connectivity index (χ2n) is 2.50. The summed E-state index contributed by atoms with van der Waals surface area (Å²) >= 11 is 0. The van der Waals surface area contributed by atoms with Crippen molar-refractivity contribution in [2.75, 3.05) is 0 Å². The summed E-state index contributed by atoms with van der Waals surface area (Å²) in [5.41, 5.74) is 2.28. The maximum atomic E-state index is 8.49. The Morgan fingerprint density at radius 3 is 2.33 bits per heavy atom. The molecule has 0 aliphatic heterocycles. The molecule has 1 fully saturated rings. The van der Waals surface area contributed by atoms with Gasteiger partial charge in [-0.05, 0) is 19.3 Å². The third-order valence-corrected chi connectivity index (χ3v) is 2.32. The van der Waals surface area contributed by atoms with Crippen LogP contribution >= 0.6 is 9.39 Å². The standard InChI is InChI=1S/C5H13N2OP/c8-6-4-1-2-5(3-4)7-9/h4-8H,1-3,9H2. The minimum atomic E-state index is 0.308. The Labute approximate surface area is 57.4 Å². The van der Waals surface area contributed by atoms with Crippen LogP contribution in [0, 0.1) is 0 Å². The molecular formula is C5H13N2OP. The van der Waals surface area contributed by atoms with Gasteiger partial charge in [0.2, 0.25) is 0 Å². The van der Waals surface area contributed by atoms with E-state index < -0.39 is 0 Å². The molecule has 3 unspecified atom stereocenters. The molecule has 0 heterocycles. The Hall–Kier alpha value is 0.310. The highest BCUT2D eigenvalue weighted by Crippen LogP contribution is 2.18. The van der Waals surface area contributed by atoms with Gasteiger partial charge in [-0.2, -0.15) is 0 Å². The zero-order chi connectivity index (χ0) is 6.69. The van der Waals surface area contributed by atoms with E-state index in [0.29, 0.717) is 12.1 Å². The lowest BCUT2D eigenvalue weighted by molar-refractivity contribution is 0.127. The van der Waals surface area contributed by atoms with E-state index in [1.165, 1.54) is 0 Å². The fraction of sp³-hybridized carbons (Fsp3) is 1.00. The SMILES string of the molecule is ONC1CCC(NP)C1. The molecule has 3 N–H and O–H groups in total. The Balaban J connectivity index is 2.20. The Bertz CT molecular complexity index is 81.0. The van der Waals surface area contributed by atoms with Gasteiger partial charge in [0.25, 0.3) is 0 Å². The van der Waals surface area contributed by atoms with Gasteiger partial charge in [0.15, 0.2) is 0 Å². The van der Waals surface area contributed by atoms with Gasteiger partial charge in [-0.1, -0.05) is 9.39 Å². The molecule has 0 saturated heterocycles. The third-order valence-electron chi connectivity index (χ3n) is 1.85. The Kier molecular flexibility index (Phi) is 2.86. The third kappa shape index (κ3) is 1.87. The first kappa shape index (κ1) is 7.42. The summed E-state index contributed by atoms with van der Waals surface area (Å²) in [6.07, 6.45) is 3.25. The Morgan fingerprint density at radius 1 is 1.33 bits per heavy atom. The van der Waals surface area contributed by atoms with Crippen LogP contribution in [0.2, 0.25) is 0 Å². The fourth-order valence-electron chi connectivity index (χ4n) is 1.25. The first-order valence-corrected chi connectivity index (χ1v) is 3.80. The molecule has 4 heteroatoms. The van der Waals surface area contributed by atoms with Crippen LogP contribution < -0.4 is 10.6 Å². The molecule has 9 heavy (non-hydrogen) atoms. The molecule has 0 aromatic rings. The fourth-order valence-corrected chi connectivity index (χ4v) is 1.55. The van der Waals surface area contributed by atoms with E-state index >= 15 is 0 Å². The van der Waals surface area contributed by atoms with Crippen molar-refractivity contribution in [3.8, 4) is 0 Å². The minimum absolute atomic E-state index is 0.308. The second-order valence-corrected chi connectivity index (χ2v) is 2.84. The van der Waals surface area contributed by atoms with Crippen LogP contribution in [0.15, 0.2) is 0 Å². The number of nitrogens with one attached hydrogen (secondary N) is 2. The molecule has 1 saturated carbocycles. The summed E-state index contributed by atoms with van der Waals surface area (Å²) < 4.78 is 0. The minimum Gasteiger partial charge on any atom is -0.317 e. The van der Waals surface area contributed by atoms with Crippen molar-refractivity contribution in [2.45, 2.75) is 31.3 Å². The van der Waals surface area contributed by atoms with E-state index in [1.807, 2.05) is 0 Å². The van der Waals surface area contributed by atoms with Crippen molar-refractivity contribution in [1.29, 1.82) is 0 Å². The van der Waals surface area contributed by atoms with Gasteiger partial charge in [-0.3, -0.25) is 5.09 Å². The smallest absolute Gasteiger partial charge is 0.0335 e. The topological polar surface area (TPSA) is 44.3 Å². The van der Waals surface area contributed by atoms with E-state index in [0.717, 1.165) is 19.3 Å².